The molecule has 0 radical (unpaired) electrons. The molecule has 0 fully saturated rings. The molecule has 6 nitrogen and oxygen atoms in total. The largest absolute Gasteiger partial charge is 0.452 e. The number of fused-ring (bicyclic) bond motifs is 4. The van der Waals surface area contributed by atoms with Crippen LogP contribution in [-0.4, -0.2) is 24.0 Å². The lowest BCUT2D eigenvalue weighted by molar-refractivity contribution is 0.102. The SMILES string of the molecule is CCCCCCCCCCCCN1CCCc2c1ccc1nc3cc(C(=O)Nc4ccc(C(C)C)cc4)c(=O)cc-3oc21. The van der Waals surface area contributed by atoms with Gasteiger partial charge in [-0.3, -0.25) is 9.59 Å². The third-order valence-electron chi connectivity index (χ3n) is 8.79. The van der Waals surface area contributed by atoms with E-state index in [4.69, 9.17) is 9.40 Å². The molecule has 228 valence electrons. The summed E-state index contributed by atoms with van der Waals surface area (Å²) in [4.78, 5) is 33.3. The Morgan fingerprint density at radius 2 is 1.63 bits per heavy atom. The summed E-state index contributed by atoms with van der Waals surface area (Å²) < 4.78 is 6.35. The summed E-state index contributed by atoms with van der Waals surface area (Å²) in [6.45, 7) is 8.63. The van der Waals surface area contributed by atoms with Gasteiger partial charge in [0.25, 0.3) is 5.91 Å². The van der Waals surface area contributed by atoms with E-state index < -0.39 is 5.91 Å². The molecule has 43 heavy (non-hydrogen) atoms. The van der Waals surface area contributed by atoms with E-state index in [-0.39, 0.29) is 11.0 Å². The number of unbranched alkanes of at least 4 members (excludes halogenated alkanes) is 9. The fraction of sp³-hybridized carbons (Fsp3) is 0.486. The average molecular weight is 582 g/mol. The summed E-state index contributed by atoms with van der Waals surface area (Å²) >= 11 is 0. The summed E-state index contributed by atoms with van der Waals surface area (Å²) in [5, 5.41) is 2.85. The molecule has 5 rings (SSSR count). The van der Waals surface area contributed by atoms with Crippen molar-refractivity contribution >= 4 is 28.4 Å². The Morgan fingerprint density at radius 3 is 2.33 bits per heavy atom. The van der Waals surface area contributed by atoms with Gasteiger partial charge in [0.1, 0.15) is 11.2 Å². The summed E-state index contributed by atoms with van der Waals surface area (Å²) in [5.41, 5.74) is 5.93. The number of aromatic nitrogens is 1. The molecule has 0 spiro atoms. The van der Waals surface area contributed by atoms with Crippen LogP contribution in [0.1, 0.15) is 119 Å². The van der Waals surface area contributed by atoms with E-state index in [1.165, 1.54) is 87.1 Å². The molecule has 2 heterocycles. The second-order valence-electron chi connectivity index (χ2n) is 12.4. The molecular weight excluding hydrogens is 534 g/mol. The Kier molecular flexibility index (Phi) is 10.5. The first-order valence-electron chi connectivity index (χ1n) is 16.5. The van der Waals surface area contributed by atoms with Crippen LogP contribution < -0.4 is 15.6 Å². The number of nitrogens with zero attached hydrogens (tertiary/aromatic N) is 2. The summed E-state index contributed by atoms with van der Waals surface area (Å²) in [6, 6.07) is 14.8. The number of anilines is 2. The van der Waals surface area contributed by atoms with Crippen LogP contribution in [0.3, 0.4) is 0 Å². The molecule has 0 saturated carbocycles. The minimum Gasteiger partial charge on any atom is -0.452 e. The number of carbonyl (C=O) groups excluding carboxylic acids is 1. The Bertz CT molecular complexity index is 1540. The summed E-state index contributed by atoms with van der Waals surface area (Å²) in [5.74, 6) is 0.371. The van der Waals surface area contributed by atoms with Gasteiger partial charge in [-0.25, -0.2) is 4.98 Å². The summed E-state index contributed by atoms with van der Waals surface area (Å²) in [6.07, 6.45) is 15.4. The van der Waals surface area contributed by atoms with Gasteiger partial charge in [-0.2, -0.15) is 0 Å². The molecule has 1 aliphatic carbocycles. The van der Waals surface area contributed by atoms with Crippen LogP contribution in [-0.2, 0) is 6.42 Å². The normalized spacial score (nSPS) is 13.2. The van der Waals surface area contributed by atoms with Gasteiger partial charge in [-0.15, -0.1) is 0 Å². The van der Waals surface area contributed by atoms with Crippen molar-refractivity contribution in [2.24, 2.45) is 0 Å². The number of rotatable bonds is 14. The van der Waals surface area contributed by atoms with E-state index >= 15 is 0 Å². The Balaban J connectivity index is 1.25. The van der Waals surface area contributed by atoms with Crippen LogP contribution in [0.2, 0.25) is 0 Å². The zero-order valence-corrected chi connectivity index (χ0v) is 26.2. The number of hydrogen-bond acceptors (Lipinski definition) is 5. The van der Waals surface area contributed by atoms with Gasteiger partial charge < -0.3 is 14.6 Å². The van der Waals surface area contributed by atoms with Crippen molar-refractivity contribution < 1.29 is 9.21 Å². The lowest BCUT2D eigenvalue weighted by Crippen LogP contribution is -2.30. The van der Waals surface area contributed by atoms with E-state index in [1.54, 1.807) is 6.07 Å². The third-order valence-corrected chi connectivity index (χ3v) is 8.79. The zero-order valence-electron chi connectivity index (χ0n) is 26.2. The predicted molar refractivity (Wildman–Crippen MR) is 178 cm³/mol. The van der Waals surface area contributed by atoms with Crippen molar-refractivity contribution in [3.63, 3.8) is 0 Å². The monoisotopic (exact) mass is 581 g/mol. The lowest BCUT2D eigenvalue weighted by atomic mass is 9.99. The minimum absolute atomic E-state index is 0.0584. The van der Waals surface area contributed by atoms with E-state index in [0.29, 0.717) is 23.1 Å². The fourth-order valence-corrected chi connectivity index (χ4v) is 6.22. The first kappa shape index (κ1) is 30.8. The molecule has 2 aromatic rings. The Hall–Kier alpha value is -3.67. The van der Waals surface area contributed by atoms with Crippen molar-refractivity contribution in [1.29, 1.82) is 0 Å². The van der Waals surface area contributed by atoms with Crippen molar-refractivity contribution in [3.8, 4) is 11.5 Å². The van der Waals surface area contributed by atoms with Gasteiger partial charge >= 0.3 is 0 Å². The zero-order chi connectivity index (χ0) is 30.2. The first-order valence-corrected chi connectivity index (χ1v) is 16.5. The minimum atomic E-state index is -0.445. The van der Waals surface area contributed by atoms with Gasteiger partial charge in [-0.1, -0.05) is 90.7 Å². The molecular formula is C37H47N3O3. The smallest absolute Gasteiger partial charge is 0.259 e. The van der Waals surface area contributed by atoms with Gasteiger partial charge in [0.2, 0.25) is 0 Å². The lowest BCUT2D eigenvalue weighted by Gasteiger charge is -2.31. The first-order chi connectivity index (χ1) is 20.9. The number of nitrogens with one attached hydrogen (secondary N) is 1. The van der Waals surface area contributed by atoms with Crippen molar-refractivity contribution in [1.82, 2.24) is 4.98 Å². The standard InChI is InChI=1S/C37H47N3O3/c1-4-5-6-7-8-9-10-11-12-13-22-40-23-14-15-29-33(40)21-20-31-36(29)43-35-25-34(41)30(24-32(35)39-31)37(42)38-28-18-16-27(17-19-28)26(2)3/h16-21,24-26H,4-15,22-23H2,1-3H3,(H,38,42). The van der Waals surface area contributed by atoms with Gasteiger partial charge in [0.05, 0.1) is 5.56 Å². The highest BCUT2D eigenvalue weighted by molar-refractivity contribution is 6.05. The predicted octanol–water partition coefficient (Wildman–Crippen LogP) is 9.34. The number of aryl methyl sites for hydroxylation is 1. The number of amides is 1. The number of carbonyl (C=O) groups is 1. The third kappa shape index (κ3) is 7.65. The molecule has 0 atom stereocenters. The Labute approximate surface area is 256 Å². The summed E-state index contributed by atoms with van der Waals surface area (Å²) in [7, 11) is 0. The van der Waals surface area contributed by atoms with Crippen LogP contribution in [0.4, 0.5) is 11.4 Å². The van der Waals surface area contributed by atoms with Crippen molar-refractivity contribution in [2.75, 3.05) is 23.3 Å². The molecule has 3 aliphatic rings. The second-order valence-corrected chi connectivity index (χ2v) is 12.4. The molecule has 1 amide bonds. The van der Waals surface area contributed by atoms with E-state index in [0.717, 1.165) is 37.0 Å². The molecule has 0 bridgehead atoms. The van der Waals surface area contributed by atoms with Gasteiger partial charge in [0, 0.05) is 36.1 Å². The molecule has 1 N–H and O–H groups in total. The Morgan fingerprint density at radius 1 is 0.930 bits per heavy atom. The fourth-order valence-electron chi connectivity index (χ4n) is 6.22. The van der Waals surface area contributed by atoms with Crippen LogP contribution in [0.5, 0.6) is 0 Å². The number of hydrogen-bond donors (Lipinski definition) is 1. The van der Waals surface area contributed by atoms with Crippen LogP contribution in [0.15, 0.2) is 57.7 Å². The second kappa shape index (κ2) is 14.7. The molecule has 0 unspecified atom stereocenters. The topological polar surface area (TPSA) is 75.4 Å². The highest BCUT2D eigenvalue weighted by Crippen LogP contribution is 2.36. The molecule has 6 heteroatoms. The molecule has 2 aromatic carbocycles. The van der Waals surface area contributed by atoms with Crippen LogP contribution in [0.25, 0.3) is 22.6 Å². The van der Waals surface area contributed by atoms with Gasteiger partial charge in [-0.05, 0) is 61.1 Å². The highest BCUT2D eigenvalue weighted by Gasteiger charge is 2.23. The van der Waals surface area contributed by atoms with E-state index in [1.807, 2.05) is 30.3 Å². The van der Waals surface area contributed by atoms with E-state index in [9.17, 15) is 9.59 Å². The molecule has 0 aromatic heterocycles. The van der Waals surface area contributed by atoms with Crippen LogP contribution in [0, 0.1) is 0 Å². The molecule has 0 saturated heterocycles. The maximum absolute atomic E-state index is 13.0. The number of benzene rings is 3. The molecule has 2 aliphatic heterocycles. The van der Waals surface area contributed by atoms with Crippen molar-refractivity contribution in [3.05, 3.63) is 75.4 Å². The van der Waals surface area contributed by atoms with Crippen LogP contribution >= 0.6 is 0 Å². The average Bonchev–Trinajstić information content (AvgIpc) is 3.01. The van der Waals surface area contributed by atoms with E-state index in [2.05, 4.69) is 37.1 Å². The maximum Gasteiger partial charge on any atom is 0.259 e. The highest BCUT2D eigenvalue weighted by atomic mass is 16.3. The maximum atomic E-state index is 13.0. The quantitative estimate of drug-likeness (QED) is 0.119. The van der Waals surface area contributed by atoms with Crippen molar-refractivity contribution in [2.45, 2.75) is 104 Å². The van der Waals surface area contributed by atoms with Gasteiger partial charge in [0.15, 0.2) is 16.8 Å².